The van der Waals surface area contributed by atoms with Gasteiger partial charge in [-0.15, -0.1) is 5.10 Å². The Morgan fingerprint density at radius 3 is 2.93 bits per heavy atom. The summed E-state index contributed by atoms with van der Waals surface area (Å²) >= 11 is 0. The molecule has 0 fully saturated rings. The Balaban J connectivity index is 1.99. The van der Waals surface area contributed by atoms with Crippen LogP contribution < -0.4 is 5.32 Å². The number of unbranched alkanes of at least 4 members (excludes halogenated alkanes) is 2. The van der Waals surface area contributed by atoms with Gasteiger partial charge in [-0.3, -0.25) is 4.68 Å². The maximum Gasteiger partial charge on any atom is 0.0692 e. The van der Waals surface area contributed by atoms with Crippen molar-refractivity contribution in [1.29, 1.82) is 0 Å². The Morgan fingerprint density at radius 1 is 1.40 bits per heavy atom. The third-order valence-electron chi connectivity index (χ3n) is 2.55. The van der Waals surface area contributed by atoms with Gasteiger partial charge < -0.3 is 5.32 Å². The number of aromatic nitrogens is 3. The van der Waals surface area contributed by atoms with Crippen molar-refractivity contribution >= 4 is 0 Å². The second kappa shape index (κ2) is 7.40. The molecule has 1 rings (SSSR count). The minimum atomic E-state index is 0.611. The van der Waals surface area contributed by atoms with Gasteiger partial charge in [-0.05, 0) is 13.3 Å². The number of hydrogen-bond donors (Lipinski definition) is 1. The molecule has 0 aliphatic rings. The summed E-state index contributed by atoms with van der Waals surface area (Å²) in [4.78, 5) is 0. The van der Waals surface area contributed by atoms with E-state index in [1.807, 2.05) is 10.9 Å². The second-order valence-electron chi connectivity index (χ2n) is 4.02. The van der Waals surface area contributed by atoms with Gasteiger partial charge in [0.2, 0.25) is 0 Å². The molecule has 1 unspecified atom stereocenters. The Kier molecular flexibility index (Phi) is 6.00. The van der Waals surface area contributed by atoms with Gasteiger partial charge >= 0.3 is 0 Å². The van der Waals surface area contributed by atoms with Crippen LogP contribution in [0.5, 0.6) is 0 Å². The zero-order chi connectivity index (χ0) is 10.9. The van der Waals surface area contributed by atoms with Crippen LogP contribution in [-0.4, -0.2) is 27.6 Å². The first-order valence-corrected chi connectivity index (χ1v) is 5.90. The van der Waals surface area contributed by atoms with Crippen LogP contribution in [0.1, 0.15) is 39.5 Å². The van der Waals surface area contributed by atoms with E-state index in [2.05, 4.69) is 29.5 Å². The minimum Gasteiger partial charge on any atom is -0.312 e. The SMILES string of the molecule is CCCCCC(C)NCCn1ccnn1. The molecule has 0 radical (unpaired) electrons. The molecule has 0 amide bonds. The molecule has 15 heavy (non-hydrogen) atoms. The summed E-state index contributed by atoms with van der Waals surface area (Å²) in [6.45, 7) is 6.36. The van der Waals surface area contributed by atoms with E-state index < -0.39 is 0 Å². The number of hydrogen-bond acceptors (Lipinski definition) is 3. The maximum absolute atomic E-state index is 3.92. The summed E-state index contributed by atoms with van der Waals surface area (Å²) in [5.74, 6) is 0. The van der Waals surface area contributed by atoms with Gasteiger partial charge in [-0.2, -0.15) is 0 Å². The van der Waals surface area contributed by atoms with Crippen LogP contribution in [0.15, 0.2) is 12.4 Å². The fraction of sp³-hybridized carbons (Fsp3) is 0.818. The molecule has 1 aromatic rings. The summed E-state index contributed by atoms with van der Waals surface area (Å²) in [7, 11) is 0. The van der Waals surface area contributed by atoms with Crippen molar-refractivity contribution in [2.75, 3.05) is 6.54 Å². The summed E-state index contributed by atoms with van der Waals surface area (Å²) in [6.07, 6.45) is 8.84. The molecule has 0 aliphatic carbocycles. The van der Waals surface area contributed by atoms with E-state index in [4.69, 9.17) is 0 Å². The van der Waals surface area contributed by atoms with Crippen LogP contribution in [0, 0.1) is 0 Å². The van der Waals surface area contributed by atoms with Crippen molar-refractivity contribution in [2.45, 2.75) is 52.1 Å². The second-order valence-corrected chi connectivity index (χ2v) is 4.02. The highest BCUT2D eigenvalue weighted by Crippen LogP contribution is 2.02. The monoisotopic (exact) mass is 210 g/mol. The van der Waals surface area contributed by atoms with Gasteiger partial charge in [-0.25, -0.2) is 0 Å². The van der Waals surface area contributed by atoms with E-state index in [0.29, 0.717) is 6.04 Å². The van der Waals surface area contributed by atoms with Crippen LogP contribution >= 0.6 is 0 Å². The molecule has 0 saturated carbocycles. The van der Waals surface area contributed by atoms with Crippen molar-refractivity contribution in [3.63, 3.8) is 0 Å². The molecule has 1 N–H and O–H groups in total. The lowest BCUT2D eigenvalue weighted by atomic mass is 10.1. The maximum atomic E-state index is 3.92. The molecule has 4 nitrogen and oxygen atoms in total. The van der Waals surface area contributed by atoms with Gasteiger partial charge in [-0.1, -0.05) is 31.4 Å². The molecule has 0 aromatic carbocycles. The van der Waals surface area contributed by atoms with Gasteiger partial charge in [0.05, 0.1) is 12.7 Å². The highest BCUT2D eigenvalue weighted by Gasteiger charge is 2.00. The standard InChI is InChI=1S/C11H22N4/c1-3-4-5-6-11(2)12-7-9-15-10-8-13-14-15/h8,10-12H,3-7,9H2,1-2H3. The van der Waals surface area contributed by atoms with Crippen LogP contribution in [-0.2, 0) is 6.54 Å². The van der Waals surface area contributed by atoms with Crippen molar-refractivity contribution < 1.29 is 0 Å². The summed E-state index contributed by atoms with van der Waals surface area (Å²) in [5, 5.41) is 11.2. The van der Waals surface area contributed by atoms with Crippen LogP contribution in [0.25, 0.3) is 0 Å². The molecule has 86 valence electrons. The Labute approximate surface area is 92.1 Å². The molecule has 0 aliphatic heterocycles. The quantitative estimate of drug-likeness (QED) is 0.666. The molecule has 1 aromatic heterocycles. The fourth-order valence-corrected chi connectivity index (χ4v) is 1.58. The third kappa shape index (κ3) is 5.52. The van der Waals surface area contributed by atoms with Crippen molar-refractivity contribution in [2.24, 2.45) is 0 Å². The minimum absolute atomic E-state index is 0.611. The highest BCUT2D eigenvalue weighted by molar-refractivity contribution is 4.66. The first kappa shape index (κ1) is 12.2. The molecular formula is C11H22N4. The Hall–Kier alpha value is -0.900. The number of rotatable bonds is 8. The lowest BCUT2D eigenvalue weighted by molar-refractivity contribution is 0.456. The van der Waals surface area contributed by atoms with Crippen molar-refractivity contribution in [3.8, 4) is 0 Å². The van der Waals surface area contributed by atoms with Crippen LogP contribution in [0.4, 0.5) is 0 Å². The highest BCUT2D eigenvalue weighted by atomic mass is 15.4. The topological polar surface area (TPSA) is 42.7 Å². The smallest absolute Gasteiger partial charge is 0.0692 e. The van der Waals surface area contributed by atoms with Crippen molar-refractivity contribution in [1.82, 2.24) is 20.3 Å². The average Bonchev–Trinajstić information content (AvgIpc) is 2.71. The summed E-state index contributed by atoms with van der Waals surface area (Å²) < 4.78 is 1.85. The summed E-state index contributed by atoms with van der Waals surface area (Å²) in [5.41, 5.74) is 0. The van der Waals surface area contributed by atoms with Crippen LogP contribution in [0.2, 0.25) is 0 Å². The predicted molar refractivity (Wildman–Crippen MR) is 61.6 cm³/mol. The van der Waals surface area contributed by atoms with E-state index >= 15 is 0 Å². The van der Waals surface area contributed by atoms with E-state index in [9.17, 15) is 0 Å². The van der Waals surface area contributed by atoms with E-state index in [1.165, 1.54) is 25.7 Å². The van der Waals surface area contributed by atoms with Gasteiger partial charge in [0.1, 0.15) is 0 Å². The first-order valence-electron chi connectivity index (χ1n) is 5.90. The fourth-order valence-electron chi connectivity index (χ4n) is 1.58. The molecule has 4 heteroatoms. The van der Waals surface area contributed by atoms with Gasteiger partial charge in [0.15, 0.2) is 0 Å². The molecule has 1 atom stereocenters. The lowest BCUT2D eigenvalue weighted by Crippen LogP contribution is -2.29. The molecule has 0 saturated heterocycles. The van der Waals surface area contributed by atoms with Crippen LogP contribution in [0.3, 0.4) is 0 Å². The predicted octanol–water partition coefficient (Wildman–Crippen LogP) is 1.84. The zero-order valence-electron chi connectivity index (χ0n) is 9.82. The molecule has 0 bridgehead atoms. The number of nitrogens with one attached hydrogen (secondary N) is 1. The summed E-state index contributed by atoms with van der Waals surface area (Å²) in [6, 6.07) is 0.611. The largest absolute Gasteiger partial charge is 0.312 e. The van der Waals surface area contributed by atoms with E-state index in [-0.39, 0.29) is 0 Å². The lowest BCUT2D eigenvalue weighted by Gasteiger charge is -2.13. The number of nitrogens with zero attached hydrogens (tertiary/aromatic N) is 3. The Morgan fingerprint density at radius 2 is 2.27 bits per heavy atom. The molecular weight excluding hydrogens is 188 g/mol. The van der Waals surface area contributed by atoms with E-state index in [0.717, 1.165) is 13.1 Å². The molecule has 0 spiro atoms. The third-order valence-corrected chi connectivity index (χ3v) is 2.55. The average molecular weight is 210 g/mol. The Bertz CT molecular complexity index is 233. The van der Waals surface area contributed by atoms with Gasteiger partial charge in [0, 0.05) is 18.8 Å². The zero-order valence-corrected chi connectivity index (χ0v) is 9.82. The first-order chi connectivity index (χ1) is 7.33. The molecule has 1 heterocycles. The van der Waals surface area contributed by atoms with Gasteiger partial charge in [0.25, 0.3) is 0 Å². The van der Waals surface area contributed by atoms with Crippen molar-refractivity contribution in [3.05, 3.63) is 12.4 Å². The normalized spacial score (nSPS) is 12.9. The van der Waals surface area contributed by atoms with E-state index in [1.54, 1.807) is 6.20 Å².